The average molecular weight is 347 g/mol. The molecule has 1 fully saturated rings. The van der Waals surface area contributed by atoms with Gasteiger partial charge in [0, 0.05) is 27.5 Å². The molecule has 0 aromatic heterocycles. The van der Waals surface area contributed by atoms with Crippen molar-refractivity contribution in [1.29, 1.82) is 0 Å². The summed E-state index contributed by atoms with van der Waals surface area (Å²) in [4.78, 5) is 13.5. The SMILES string of the molecule is Cc1ccc(C(=O)Nc2ccc(F)c(F)c2)cc1SC1CC(C)C1. The number of thioether (sulfide) groups is 1. The van der Waals surface area contributed by atoms with E-state index in [0.717, 1.165) is 28.5 Å². The summed E-state index contributed by atoms with van der Waals surface area (Å²) in [6, 6.07) is 8.86. The Morgan fingerprint density at radius 2 is 1.88 bits per heavy atom. The second-order valence-electron chi connectivity index (χ2n) is 6.38. The lowest BCUT2D eigenvalue weighted by atomic mass is 9.87. The van der Waals surface area contributed by atoms with Gasteiger partial charge in [0.2, 0.25) is 0 Å². The molecule has 0 atom stereocenters. The first-order chi connectivity index (χ1) is 11.4. The molecule has 2 nitrogen and oxygen atoms in total. The van der Waals surface area contributed by atoms with Crippen LogP contribution in [0.1, 0.15) is 35.7 Å². The molecule has 126 valence electrons. The zero-order chi connectivity index (χ0) is 17.3. The van der Waals surface area contributed by atoms with E-state index in [0.29, 0.717) is 10.8 Å². The van der Waals surface area contributed by atoms with Crippen molar-refractivity contribution >= 4 is 23.4 Å². The maximum atomic E-state index is 13.2. The zero-order valence-electron chi connectivity index (χ0n) is 13.6. The average Bonchev–Trinajstić information content (AvgIpc) is 2.51. The Morgan fingerprint density at radius 3 is 2.54 bits per heavy atom. The van der Waals surface area contributed by atoms with Crippen LogP contribution in [0.15, 0.2) is 41.3 Å². The molecule has 0 saturated heterocycles. The van der Waals surface area contributed by atoms with E-state index in [4.69, 9.17) is 0 Å². The lowest BCUT2D eigenvalue weighted by Gasteiger charge is -2.32. The van der Waals surface area contributed by atoms with Gasteiger partial charge in [0.25, 0.3) is 5.91 Å². The van der Waals surface area contributed by atoms with Crippen LogP contribution in [-0.4, -0.2) is 11.2 Å². The zero-order valence-corrected chi connectivity index (χ0v) is 14.4. The first-order valence-electron chi connectivity index (χ1n) is 7.96. The number of rotatable bonds is 4. The van der Waals surface area contributed by atoms with E-state index in [1.54, 1.807) is 6.07 Å². The fraction of sp³-hybridized carbons (Fsp3) is 0.316. The highest BCUT2D eigenvalue weighted by molar-refractivity contribution is 8.00. The maximum absolute atomic E-state index is 13.2. The molecule has 0 aliphatic heterocycles. The number of anilines is 1. The first-order valence-corrected chi connectivity index (χ1v) is 8.84. The third kappa shape index (κ3) is 3.78. The smallest absolute Gasteiger partial charge is 0.255 e. The van der Waals surface area contributed by atoms with Crippen LogP contribution in [0.2, 0.25) is 0 Å². The largest absolute Gasteiger partial charge is 0.322 e. The second kappa shape index (κ2) is 6.93. The second-order valence-corrected chi connectivity index (χ2v) is 7.72. The predicted octanol–water partition coefficient (Wildman–Crippen LogP) is 5.42. The van der Waals surface area contributed by atoms with Crippen molar-refractivity contribution in [2.45, 2.75) is 36.8 Å². The van der Waals surface area contributed by atoms with Gasteiger partial charge in [-0.1, -0.05) is 13.0 Å². The van der Waals surface area contributed by atoms with E-state index in [2.05, 4.69) is 12.2 Å². The van der Waals surface area contributed by atoms with Crippen LogP contribution in [0, 0.1) is 24.5 Å². The number of halogens is 2. The van der Waals surface area contributed by atoms with E-state index in [-0.39, 0.29) is 11.6 Å². The van der Waals surface area contributed by atoms with E-state index in [9.17, 15) is 13.6 Å². The Kier molecular flexibility index (Phi) is 4.90. The van der Waals surface area contributed by atoms with Gasteiger partial charge in [0.05, 0.1) is 0 Å². The molecule has 0 heterocycles. The molecule has 1 saturated carbocycles. The number of carbonyl (C=O) groups is 1. The summed E-state index contributed by atoms with van der Waals surface area (Å²) in [6.45, 7) is 4.27. The summed E-state index contributed by atoms with van der Waals surface area (Å²) in [7, 11) is 0. The minimum absolute atomic E-state index is 0.237. The molecule has 1 N–H and O–H groups in total. The molecule has 5 heteroatoms. The van der Waals surface area contributed by atoms with E-state index in [1.807, 2.05) is 30.8 Å². The van der Waals surface area contributed by atoms with Gasteiger partial charge in [-0.15, -0.1) is 11.8 Å². The molecular weight excluding hydrogens is 328 g/mol. The Balaban J connectivity index is 1.73. The Bertz CT molecular complexity index is 772. The van der Waals surface area contributed by atoms with E-state index in [1.165, 1.54) is 18.9 Å². The number of amides is 1. The highest BCUT2D eigenvalue weighted by atomic mass is 32.2. The molecule has 1 aliphatic rings. The van der Waals surface area contributed by atoms with Crippen LogP contribution >= 0.6 is 11.8 Å². The van der Waals surface area contributed by atoms with Crippen molar-refractivity contribution in [3.8, 4) is 0 Å². The van der Waals surface area contributed by atoms with E-state index >= 15 is 0 Å². The van der Waals surface area contributed by atoms with E-state index < -0.39 is 11.6 Å². The van der Waals surface area contributed by atoms with Gasteiger partial charge >= 0.3 is 0 Å². The summed E-state index contributed by atoms with van der Waals surface area (Å²) in [5, 5.41) is 3.22. The summed E-state index contributed by atoms with van der Waals surface area (Å²) in [6.07, 6.45) is 2.41. The van der Waals surface area contributed by atoms with Crippen molar-refractivity contribution in [3.05, 3.63) is 59.2 Å². The number of hydrogen-bond acceptors (Lipinski definition) is 2. The van der Waals surface area contributed by atoms with Gasteiger partial charge in [-0.3, -0.25) is 4.79 Å². The van der Waals surface area contributed by atoms with Crippen LogP contribution in [-0.2, 0) is 0 Å². The fourth-order valence-corrected chi connectivity index (χ4v) is 4.41. The van der Waals surface area contributed by atoms with Crippen LogP contribution in [0.4, 0.5) is 14.5 Å². The number of carbonyl (C=O) groups excluding carboxylic acids is 1. The summed E-state index contributed by atoms with van der Waals surface area (Å²) < 4.78 is 26.2. The molecule has 2 aromatic carbocycles. The van der Waals surface area contributed by atoms with Gasteiger partial charge in [0.15, 0.2) is 11.6 Å². The van der Waals surface area contributed by atoms with Crippen LogP contribution in [0.25, 0.3) is 0 Å². The van der Waals surface area contributed by atoms with Crippen LogP contribution < -0.4 is 5.32 Å². The Labute approximate surface area is 144 Å². The normalized spacial score (nSPS) is 19.7. The first kappa shape index (κ1) is 17.0. The molecule has 1 aliphatic carbocycles. The number of hydrogen-bond donors (Lipinski definition) is 1. The van der Waals surface area contributed by atoms with Crippen LogP contribution in [0.5, 0.6) is 0 Å². The van der Waals surface area contributed by atoms with Gasteiger partial charge < -0.3 is 5.32 Å². The molecule has 3 rings (SSSR count). The number of benzene rings is 2. The minimum atomic E-state index is -0.980. The van der Waals surface area contributed by atoms with Crippen molar-refractivity contribution in [1.82, 2.24) is 0 Å². The van der Waals surface area contributed by atoms with Crippen molar-refractivity contribution < 1.29 is 13.6 Å². The van der Waals surface area contributed by atoms with Crippen LogP contribution in [0.3, 0.4) is 0 Å². The molecule has 24 heavy (non-hydrogen) atoms. The number of aryl methyl sites for hydroxylation is 1. The monoisotopic (exact) mass is 347 g/mol. The highest BCUT2D eigenvalue weighted by Crippen LogP contribution is 2.41. The van der Waals surface area contributed by atoms with Gasteiger partial charge in [-0.2, -0.15) is 0 Å². The molecular formula is C19H19F2NOS. The third-order valence-electron chi connectivity index (χ3n) is 4.25. The lowest BCUT2D eigenvalue weighted by molar-refractivity contribution is 0.102. The van der Waals surface area contributed by atoms with Crippen molar-refractivity contribution in [2.24, 2.45) is 5.92 Å². The summed E-state index contributed by atoms with van der Waals surface area (Å²) >= 11 is 1.81. The molecule has 0 bridgehead atoms. The Morgan fingerprint density at radius 1 is 1.12 bits per heavy atom. The predicted molar refractivity (Wildman–Crippen MR) is 93.5 cm³/mol. The third-order valence-corrected chi connectivity index (χ3v) is 5.66. The maximum Gasteiger partial charge on any atom is 0.255 e. The molecule has 0 spiro atoms. The fourth-order valence-electron chi connectivity index (χ4n) is 2.75. The molecule has 2 aromatic rings. The van der Waals surface area contributed by atoms with Gasteiger partial charge in [-0.25, -0.2) is 8.78 Å². The highest BCUT2D eigenvalue weighted by Gasteiger charge is 2.26. The molecule has 1 amide bonds. The topological polar surface area (TPSA) is 29.1 Å². The number of nitrogens with one attached hydrogen (secondary N) is 1. The Hall–Kier alpha value is -1.88. The van der Waals surface area contributed by atoms with Crippen molar-refractivity contribution in [3.63, 3.8) is 0 Å². The van der Waals surface area contributed by atoms with Gasteiger partial charge in [-0.05, 0) is 55.5 Å². The van der Waals surface area contributed by atoms with Gasteiger partial charge in [0.1, 0.15) is 0 Å². The quantitative estimate of drug-likeness (QED) is 0.800. The minimum Gasteiger partial charge on any atom is -0.322 e. The lowest BCUT2D eigenvalue weighted by Crippen LogP contribution is -2.23. The molecule has 0 radical (unpaired) electrons. The summed E-state index contributed by atoms with van der Waals surface area (Å²) in [5.74, 6) is -1.46. The summed E-state index contributed by atoms with van der Waals surface area (Å²) in [5.41, 5.74) is 1.89. The molecule has 0 unspecified atom stereocenters. The van der Waals surface area contributed by atoms with Crippen molar-refractivity contribution in [2.75, 3.05) is 5.32 Å². The standard InChI is InChI=1S/C19H19F2NOS/c1-11-7-15(8-11)24-18-9-13(4-3-12(18)2)19(23)22-14-5-6-16(20)17(21)10-14/h3-6,9-11,15H,7-8H2,1-2H3,(H,22,23).